The number of benzene rings is 2. The molecule has 0 saturated heterocycles. The molecule has 0 bridgehead atoms. The second kappa shape index (κ2) is 7.40. The molecule has 142 valence electrons. The Morgan fingerprint density at radius 1 is 1.22 bits per heavy atom. The Kier molecular flexibility index (Phi) is 5.18. The van der Waals surface area contributed by atoms with Gasteiger partial charge >= 0.3 is 0 Å². The van der Waals surface area contributed by atoms with Crippen molar-refractivity contribution in [2.24, 2.45) is 5.10 Å². The highest BCUT2D eigenvalue weighted by Gasteiger charge is 2.31. The smallest absolute Gasteiger partial charge is 0.240 e. The zero-order valence-corrected chi connectivity index (χ0v) is 16.2. The van der Waals surface area contributed by atoms with Crippen molar-refractivity contribution in [3.8, 4) is 5.75 Å². The molecule has 1 aliphatic heterocycles. The number of ether oxygens (including phenoxy) is 1. The maximum Gasteiger partial charge on any atom is 0.240 e. The van der Waals surface area contributed by atoms with Gasteiger partial charge in [0.05, 0.1) is 25.1 Å². The molecule has 27 heavy (non-hydrogen) atoms. The topological polar surface area (TPSA) is 88.1 Å². The minimum Gasteiger partial charge on any atom is -0.497 e. The first kappa shape index (κ1) is 18.9. The Hall–Kier alpha value is -2.87. The molecular weight excluding hydrogens is 366 g/mol. The summed E-state index contributed by atoms with van der Waals surface area (Å²) in [6, 6.07) is 14.3. The van der Waals surface area contributed by atoms with Gasteiger partial charge in [-0.15, -0.1) is 0 Å². The van der Waals surface area contributed by atoms with E-state index < -0.39 is 10.0 Å². The molecular formula is C19H21N3O4S. The number of carbonyl (C=O) groups excluding carboxylic acids is 1. The Bertz CT molecular complexity index is 984. The summed E-state index contributed by atoms with van der Waals surface area (Å²) in [5.74, 6) is 0.586. The highest BCUT2D eigenvalue weighted by molar-refractivity contribution is 7.92. The molecule has 0 saturated carbocycles. The first-order valence-electron chi connectivity index (χ1n) is 8.36. The van der Waals surface area contributed by atoms with Gasteiger partial charge in [0.25, 0.3) is 0 Å². The minimum absolute atomic E-state index is 0.156. The standard InChI is InChI=1S/C19H21N3O4S/c1-13(23)22-19(14-7-9-17(26-2)10-8-14)12-18(20-22)15-5-4-6-16(11-15)21-27(3,24)25/h4-11,19,21H,12H2,1-3H3. The second-order valence-electron chi connectivity index (χ2n) is 6.36. The van der Waals surface area contributed by atoms with Gasteiger partial charge in [0.1, 0.15) is 5.75 Å². The molecule has 1 N–H and O–H groups in total. The molecule has 7 nitrogen and oxygen atoms in total. The molecule has 0 spiro atoms. The first-order chi connectivity index (χ1) is 12.8. The van der Waals surface area contributed by atoms with Gasteiger partial charge in [0, 0.05) is 19.0 Å². The van der Waals surface area contributed by atoms with E-state index in [2.05, 4.69) is 9.82 Å². The maximum atomic E-state index is 12.1. The lowest BCUT2D eigenvalue weighted by Gasteiger charge is -2.20. The number of nitrogens with zero attached hydrogens (tertiary/aromatic N) is 2. The zero-order chi connectivity index (χ0) is 19.6. The molecule has 1 atom stereocenters. The summed E-state index contributed by atoms with van der Waals surface area (Å²) in [7, 11) is -1.77. The molecule has 8 heteroatoms. The summed E-state index contributed by atoms with van der Waals surface area (Å²) in [5.41, 5.74) is 2.91. The van der Waals surface area contributed by atoms with Crippen molar-refractivity contribution in [3.05, 3.63) is 59.7 Å². The van der Waals surface area contributed by atoms with E-state index in [9.17, 15) is 13.2 Å². The Morgan fingerprint density at radius 3 is 2.52 bits per heavy atom. The molecule has 1 aliphatic rings. The van der Waals surface area contributed by atoms with Crippen LogP contribution < -0.4 is 9.46 Å². The predicted octanol–water partition coefficient (Wildman–Crippen LogP) is 2.76. The van der Waals surface area contributed by atoms with E-state index in [0.717, 1.165) is 28.8 Å². The summed E-state index contributed by atoms with van der Waals surface area (Å²) in [6.45, 7) is 1.48. The van der Waals surface area contributed by atoms with E-state index in [-0.39, 0.29) is 11.9 Å². The molecule has 1 amide bonds. The third kappa shape index (κ3) is 4.46. The van der Waals surface area contributed by atoms with Crippen LogP contribution in [0.25, 0.3) is 0 Å². The van der Waals surface area contributed by atoms with Crippen LogP contribution in [0.15, 0.2) is 53.6 Å². The summed E-state index contributed by atoms with van der Waals surface area (Å²) in [5, 5.41) is 5.95. The normalized spacial score (nSPS) is 16.8. The van der Waals surface area contributed by atoms with Crippen LogP contribution in [0.2, 0.25) is 0 Å². The Morgan fingerprint density at radius 2 is 1.93 bits per heavy atom. The molecule has 1 heterocycles. The molecule has 2 aromatic carbocycles. The summed E-state index contributed by atoms with van der Waals surface area (Å²) in [4.78, 5) is 12.1. The summed E-state index contributed by atoms with van der Waals surface area (Å²) in [6.07, 6.45) is 1.64. The number of hydrogen-bond donors (Lipinski definition) is 1. The van der Waals surface area contributed by atoms with Crippen LogP contribution in [0.1, 0.15) is 30.5 Å². The quantitative estimate of drug-likeness (QED) is 0.854. The van der Waals surface area contributed by atoms with Gasteiger partial charge in [-0.3, -0.25) is 9.52 Å². The van der Waals surface area contributed by atoms with Crippen LogP contribution in [0, 0.1) is 0 Å². The summed E-state index contributed by atoms with van der Waals surface area (Å²) < 4.78 is 30.6. The van der Waals surface area contributed by atoms with E-state index in [4.69, 9.17) is 4.74 Å². The van der Waals surface area contributed by atoms with Crippen LogP contribution in [-0.2, 0) is 14.8 Å². The van der Waals surface area contributed by atoms with Gasteiger partial charge in [-0.2, -0.15) is 5.10 Å². The number of sulfonamides is 1. The van der Waals surface area contributed by atoms with E-state index >= 15 is 0 Å². The number of nitrogens with one attached hydrogen (secondary N) is 1. The Labute approximate surface area is 158 Å². The molecule has 2 aromatic rings. The van der Waals surface area contributed by atoms with Crippen molar-refractivity contribution in [2.45, 2.75) is 19.4 Å². The fourth-order valence-electron chi connectivity index (χ4n) is 3.04. The van der Waals surface area contributed by atoms with Gasteiger partial charge in [0.2, 0.25) is 15.9 Å². The monoisotopic (exact) mass is 387 g/mol. The first-order valence-corrected chi connectivity index (χ1v) is 10.3. The molecule has 0 radical (unpaired) electrons. The molecule has 1 unspecified atom stereocenters. The highest BCUT2D eigenvalue weighted by atomic mass is 32.2. The number of anilines is 1. The number of hydrazone groups is 1. The van der Waals surface area contributed by atoms with E-state index in [0.29, 0.717) is 12.1 Å². The molecule has 0 fully saturated rings. The van der Waals surface area contributed by atoms with Crippen molar-refractivity contribution >= 4 is 27.3 Å². The van der Waals surface area contributed by atoms with E-state index in [1.165, 1.54) is 11.9 Å². The highest BCUT2D eigenvalue weighted by Crippen LogP contribution is 2.34. The number of rotatable bonds is 5. The fourth-order valence-corrected chi connectivity index (χ4v) is 3.59. The SMILES string of the molecule is COc1ccc(C2CC(c3cccc(NS(C)(=O)=O)c3)=NN2C(C)=O)cc1. The number of carbonyl (C=O) groups is 1. The number of hydrogen-bond acceptors (Lipinski definition) is 5. The maximum absolute atomic E-state index is 12.1. The predicted molar refractivity (Wildman–Crippen MR) is 104 cm³/mol. The third-order valence-electron chi connectivity index (χ3n) is 4.23. The molecule has 0 aromatic heterocycles. The van der Waals surface area contributed by atoms with Gasteiger partial charge in [-0.25, -0.2) is 13.4 Å². The average Bonchev–Trinajstić information content (AvgIpc) is 3.06. The van der Waals surface area contributed by atoms with Crippen LogP contribution in [0.4, 0.5) is 5.69 Å². The average molecular weight is 387 g/mol. The fraction of sp³-hybridized carbons (Fsp3) is 0.263. The molecule has 0 aliphatic carbocycles. The van der Waals surface area contributed by atoms with Gasteiger partial charge in [0.15, 0.2) is 0 Å². The van der Waals surface area contributed by atoms with E-state index in [1.54, 1.807) is 25.3 Å². The number of methoxy groups -OCH3 is 1. The van der Waals surface area contributed by atoms with Gasteiger partial charge < -0.3 is 4.74 Å². The van der Waals surface area contributed by atoms with Crippen molar-refractivity contribution < 1.29 is 17.9 Å². The van der Waals surface area contributed by atoms with Crippen molar-refractivity contribution in [2.75, 3.05) is 18.1 Å². The lowest BCUT2D eigenvalue weighted by Crippen LogP contribution is -2.24. The van der Waals surface area contributed by atoms with Crippen LogP contribution in [-0.4, -0.2) is 38.4 Å². The van der Waals surface area contributed by atoms with Crippen LogP contribution in [0.5, 0.6) is 5.75 Å². The van der Waals surface area contributed by atoms with Crippen LogP contribution in [0.3, 0.4) is 0 Å². The van der Waals surface area contributed by atoms with Crippen molar-refractivity contribution in [1.29, 1.82) is 0 Å². The van der Waals surface area contributed by atoms with Gasteiger partial charge in [-0.05, 0) is 35.4 Å². The molecule has 3 rings (SSSR count). The van der Waals surface area contributed by atoms with E-state index in [1.807, 2.05) is 30.3 Å². The minimum atomic E-state index is -3.37. The van der Waals surface area contributed by atoms with Crippen molar-refractivity contribution in [1.82, 2.24) is 5.01 Å². The second-order valence-corrected chi connectivity index (χ2v) is 8.11. The lowest BCUT2D eigenvalue weighted by atomic mass is 9.98. The lowest BCUT2D eigenvalue weighted by molar-refractivity contribution is -0.130. The van der Waals surface area contributed by atoms with Crippen molar-refractivity contribution in [3.63, 3.8) is 0 Å². The number of amides is 1. The largest absolute Gasteiger partial charge is 0.497 e. The third-order valence-corrected chi connectivity index (χ3v) is 4.84. The Balaban J connectivity index is 1.90. The van der Waals surface area contributed by atoms with Gasteiger partial charge in [-0.1, -0.05) is 24.3 Å². The van der Waals surface area contributed by atoms with Crippen LogP contribution >= 0.6 is 0 Å². The summed E-state index contributed by atoms with van der Waals surface area (Å²) >= 11 is 0. The zero-order valence-electron chi connectivity index (χ0n) is 15.3.